The number of carbonyl (C=O) groups excluding carboxylic acids is 1. The van der Waals surface area contributed by atoms with Gasteiger partial charge >= 0.3 is 0 Å². The van der Waals surface area contributed by atoms with E-state index in [2.05, 4.69) is 6.58 Å². The van der Waals surface area contributed by atoms with Gasteiger partial charge in [0.1, 0.15) is 23.7 Å². The van der Waals surface area contributed by atoms with Gasteiger partial charge < -0.3 is 18.8 Å². The minimum Gasteiger partial charge on any atom is -0.497 e. The fourth-order valence-corrected chi connectivity index (χ4v) is 4.81. The molecule has 0 aliphatic carbocycles. The minimum absolute atomic E-state index is 0.102. The van der Waals surface area contributed by atoms with Crippen LogP contribution in [-0.2, 0) is 6.54 Å². The number of aryl methyl sites for hydroxylation is 2. The molecule has 0 fully saturated rings. The molecule has 182 valence electrons. The average molecular weight is 482 g/mol. The molecule has 1 aromatic heterocycles. The second kappa shape index (κ2) is 9.38. The number of carbonyl (C=O) groups is 1. The van der Waals surface area contributed by atoms with Crippen LogP contribution in [0.1, 0.15) is 44.4 Å². The van der Waals surface area contributed by atoms with Crippen molar-refractivity contribution in [3.8, 4) is 11.5 Å². The van der Waals surface area contributed by atoms with Crippen LogP contribution >= 0.6 is 0 Å². The highest BCUT2D eigenvalue weighted by Gasteiger charge is 2.42. The van der Waals surface area contributed by atoms with Crippen LogP contribution in [0.5, 0.6) is 11.5 Å². The maximum Gasteiger partial charge on any atom is 0.291 e. The van der Waals surface area contributed by atoms with Crippen molar-refractivity contribution >= 4 is 16.9 Å². The first-order valence-electron chi connectivity index (χ1n) is 11.8. The lowest BCUT2D eigenvalue weighted by atomic mass is 9.97. The Hall–Kier alpha value is -4.32. The van der Waals surface area contributed by atoms with Crippen LogP contribution in [0.2, 0.25) is 0 Å². The van der Waals surface area contributed by atoms with Crippen LogP contribution in [0.25, 0.3) is 11.0 Å². The largest absolute Gasteiger partial charge is 0.497 e. The molecule has 36 heavy (non-hydrogen) atoms. The normalized spacial score (nSPS) is 14.7. The van der Waals surface area contributed by atoms with Crippen molar-refractivity contribution < 1.29 is 18.7 Å². The van der Waals surface area contributed by atoms with E-state index in [1.54, 1.807) is 18.1 Å². The Morgan fingerprint density at radius 3 is 2.36 bits per heavy atom. The molecule has 1 unspecified atom stereocenters. The summed E-state index contributed by atoms with van der Waals surface area (Å²) in [6.45, 7) is 8.20. The van der Waals surface area contributed by atoms with Crippen LogP contribution in [0.15, 0.2) is 82.5 Å². The molecule has 0 radical (unpaired) electrons. The average Bonchev–Trinajstić information content (AvgIpc) is 3.16. The molecule has 0 saturated heterocycles. The third-order valence-electron chi connectivity index (χ3n) is 6.47. The maximum absolute atomic E-state index is 13.9. The minimum atomic E-state index is -0.593. The van der Waals surface area contributed by atoms with E-state index in [0.29, 0.717) is 35.4 Å². The number of fused-ring (bicyclic) bond motifs is 2. The summed E-state index contributed by atoms with van der Waals surface area (Å²) in [7, 11) is 1.61. The molecular weight excluding hydrogens is 454 g/mol. The summed E-state index contributed by atoms with van der Waals surface area (Å²) in [5.41, 5.74) is 4.15. The van der Waals surface area contributed by atoms with E-state index in [-0.39, 0.29) is 17.1 Å². The number of nitrogens with zero attached hydrogens (tertiary/aromatic N) is 1. The van der Waals surface area contributed by atoms with Gasteiger partial charge in [-0.3, -0.25) is 9.59 Å². The predicted octanol–water partition coefficient (Wildman–Crippen LogP) is 5.73. The summed E-state index contributed by atoms with van der Waals surface area (Å²) < 4.78 is 17.1. The fraction of sp³-hybridized carbons (Fsp3) is 0.200. The van der Waals surface area contributed by atoms with Gasteiger partial charge in [-0.15, -0.1) is 0 Å². The van der Waals surface area contributed by atoms with Crippen LogP contribution in [0, 0.1) is 13.8 Å². The molecule has 6 nitrogen and oxygen atoms in total. The molecule has 3 aromatic carbocycles. The monoisotopic (exact) mass is 481 g/mol. The fourth-order valence-electron chi connectivity index (χ4n) is 4.81. The summed E-state index contributed by atoms with van der Waals surface area (Å²) in [5.74, 6) is 1.21. The number of ether oxygens (including phenoxy) is 2. The zero-order valence-electron chi connectivity index (χ0n) is 20.5. The van der Waals surface area contributed by atoms with E-state index < -0.39 is 6.04 Å². The number of benzene rings is 3. The Morgan fingerprint density at radius 1 is 1.00 bits per heavy atom. The predicted molar refractivity (Wildman–Crippen MR) is 139 cm³/mol. The van der Waals surface area contributed by atoms with Crippen molar-refractivity contribution in [2.75, 3.05) is 13.7 Å². The van der Waals surface area contributed by atoms with Crippen molar-refractivity contribution in [2.45, 2.75) is 26.4 Å². The number of hydrogen-bond acceptors (Lipinski definition) is 5. The smallest absolute Gasteiger partial charge is 0.291 e. The number of rotatable bonds is 7. The maximum atomic E-state index is 13.9. The molecule has 5 rings (SSSR count). The molecule has 0 spiro atoms. The summed E-state index contributed by atoms with van der Waals surface area (Å²) in [5, 5.41) is 0.487. The molecule has 2 heterocycles. The van der Waals surface area contributed by atoms with Crippen molar-refractivity contribution in [3.63, 3.8) is 0 Å². The molecule has 0 saturated carbocycles. The highest BCUT2D eigenvalue weighted by Crippen LogP contribution is 2.40. The Bertz CT molecular complexity index is 1520. The lowest BCUT2D eigenvalue weighted by Crippen LogP contribution is -2.29. The van der Waals surface area contributed by atoms with Crippen molar-refractivity contribution in [1.29, 1.82) is 0 Å². The van der Waals surface area contributed by atoms with Crippen LogP contribution in [-0.4, -0.2) is 24.5 Å². The molecule has 0 bridgehead atoms. The summed E-state index contributed by atoms with van der Waals surface area (Å²) in [6.07, 6.45) is 1.68. The van der Waals surface area contributed by atoms with Crippen LogP contribution in [0.3, 0.4) is 0 Å². The van der Waals surface area contributed by atoms with Crippen molar-refractivity contribution in [2.24, 2.45) is 0 Å². The van der Waals surface area contributed by atoms with E-state index in [1.807, 2.05) is 74.5 Å². The molecule has 0 N–H and O–H groups in total. The molecule has 1 amide bonds. The topological polar surface area (TPSA) is 69.0 Å². The molecule has 4 aromatic rings. The van der Waals surface area contributed by atoms with Gasteiger partial charge in [0.05, 0.1) is 24.1 Å². The van der Waals surface area contributed by atoms with E-state index in [1.165, 1.54) is 0 Å². The molecule has 1 aliphatic heterocycles. The molecule has 1 atom stereocenters. The number of hydrogen-bond donors (Lipinski definition) is 0. The summed E-state index contributed by atoms with van der Waals surface area (Å²) >= 11 is 0. The van der Waals surface area contributed by atoms with E-state index in [9.17, 15) is 9.59 Å². The van der Waals surface area contributed by atoms with Gasteiger partial charge in [0, 0.05) is 6.54 Å². The van der Waals surface area contributed by atoms with Gasteiger partial charge in [-0.05, 0) is 66.4 Å². The zero-order chi connectivity index (χ0) is 25.4. The third kappa shape index (κ3) is 4.05. The zero-order valence-corrected chi connectivity index (χ0v) is 20.5. The van der Waals surface area contributed by atoms with Crippen LogP contribution in [0.4, 0.5) is 0 Å². The molecule has 6 heteroatoms. The Kier molecular flexibility index (Phi) is 6.10. The molecule has 1 aliphatic rings. The first-order chi connectivity index (χ1) is 17.4. The highest BCUT2D eigenvalue weighted by molar-refractivity contribution is 5.99. The van der Waals surface area contributed by atoms with E-state index in [4.69, 9.17) is 13.9 Å². The van der Waals surface area contributed by atoms with E-state index >= 15 is 0 Å². The Morgan fingerprint density at radius 2 is 1.69 bits per heavy atom. The lowest BCUT2D eigenvalue weighted by Gasteiger charge is -2.25. The van der Waals surface area contributed by atoms with Gasteiger partial charge in [0.15, 0.2) is 5.43 Å². The Balaban J connectivity index is 1.66. The van der Waals surface area contributed by atoms with Gasteiger partial charge in [0.25, 0.3) is 5.91 Å². The summed E-state index contributed by atoms with van der Waals surface area (Å²) in [4.78, 5) is 29.3. The van der Waals surface area contributed by atoms with Crippen molar-refractivity contribution in [3.05, 3.63) is 117 Å². The SMILES string of the molecule is C=CCOc1ccc(C2c3c(oc4c(C)cc(C)cc4c3=O)C(=O)N2Cc2ccc(OC)cc2)cc1. The van der Waals surface area contributed by atoms with Gasteiger partial charge in [-0.25, -0.2) is 0 Å². The van der Waals surface area contributed by atoms with E-state index in [0.717, 1.165) is 28.0 Å². The standard InChI is InChI=1S/C30H27NO5/c1-5-14-35-23-12-8-21(9-13-23)26-25-27(32)24-16-18(2)15-19(3)28(24)36-29(25)30(33)31(26)17-20-6-10-22(34-4)11-7-20/h5-13,15-16,26H,1,14,17H2,2-4H3. The van der Waals surface area contributed by atoms with Gasteiger partial charge in [0.2, 0.25) is 5.76 Å². The highest BCUT2D eigenvalue weighted by atomic mass is 16.5. The Labute approximate surface area is 209 Å². The van der Waals surface area contributed by atoms with Crippen LogP contribution < -0.4 is 14.9 Å². The van der Waals surface area contributed by atoms with Crippen molar-refractivity contribution in [1.82, 2.24) is 4.90 Å². The molecular formula is C30H27NO5. The number of methoxy groups -OCH3 is 1. The first-order valence-corrected chi connectivity index (χ1v) is 11.8. The van der Waals surface area contributed by atoms with Gasteiger partial charge in [-0.1, -0.05) is 43.0 Å². The quantitative estimate of drug-likeness (QED) is 0.316. The van der Waals surface area contributed by atoms with Gasteiger partial charge in [-0.2, -0.15) is 0 Å². The first kappa shape index (κ1) is 23.4. The second-order valence-corrected chi connectivity index (χ2v) is 8.98. The summed E-state index contributed by atoms with van der Waals surface area (Å²) in [6, 6.07) is 18.2. The lowest BCUT2D eigenvalue weighted by molar-refractivity contribution is 0.0714. The number of amides is 1. The third-order valence-corrected chi connectivity index (χ3v) is 6.47. The second-order valence-electron chi connectivity index (χ2n) is 8.98.